The van der Waals surface area contributed by atoms with Crippen molar-refractivity contribution in [2.75, 3.05) is 81.0 Å². The number of benzene rings is 4. The summed E-state index contributed by atoms with van der Waals surface area (Å²) in [5, 5.41) is 22.8. The smallest absolute Gasteiger partial charge is 0.293 e. The van der Waals surface area contributed by atoms with Crippen LogP contribution in [0.5, 0.6) is 11.5 Å². The monoisotopic (exact) mass is 1240 g/mol. The molecule has 3 fully saturated rings. The number of nitro groups is 1. The maximum Gasteiger partial charge on any atom is 0.293 e. The summed E-state index contributed by atoms with van der Waals surface area (Å²) in [7, 11) is -4.64. The quantitative estimate of drug-likeness (QED) is 0.0173. The van der Waals surface area contributed by atoms with Gasteiger partial charge in [0.2, 0.25) is 11.8 Å². The van der Waals surface area contributed by atoms with Crippen molar-refractivity contribution < 1.29 is 42.1 Å². The number of unbranched alkanes of at least 4 members (excludes halogenated alkanes) is 4. The number of fused-ring (bicyclic) bond motifs is 2. The SMILES string of the molecule is CC1(C)CCC(CN2CCN(c3ccc(C(=O)NS(=O)(=O)c4ccc(NCC5CCCN(CCCCCCCNc6cccc7c6C(=O)N(C6CCC(=O)NC6=O)C7=O)C5)c([N+](=O)[O-])c4)c(Oc4cnc5[nH]ccc5c4)c3)CC2)=C(c2ccc(Cl)cc2)C1. The fraction of sp³-hybridized carbons (Fsp3) is 0.415. The molecule has 462 valence electrons. The zero-order chi connectivity index (χ0) is 61.7. The number of halogens is 1. The Kier molecular flexibility index (Phi) is 18.6. The lowest BCUT2D eigenvalue weighted by Crippen LogP contribution is -2.54. The normalized spacial score (nSPS) is 19.2. The largest absolute Gasteiger partial charge is 0.455 e. The number of hydrogen-bond donors (Lipinski definition) is 5. The minimum Gasteiger partial charge on any atom is -0.455 e. The van der Waals surface area contributed by atoms with E-state index in [1.54, 1.807) is 48.7 Å². The molecule has 2 unspecified atom stereocenters. The Bertz CT molecular complexity index is 3810. The number of hydrogen-bond acceptors (Lipinski definition) is 16. The van der Waals surface area contributed by atoms with Gasteiger partial charge in [0, 0.05) is 98.9 Å². The van der Waals surface area contributed by atoms with Crippen LogP contribution in [0.2, 0.25) is 5.02 Å². The van der Waals surface area contributed by atoms with Crippen molar-refractivity contribution in [3.05, 3.63) is 146 Å². The maximum absolute atomic E-state index is 14.2. The van der Waals surface area contributed by atoms with E-state index < -0.39 is 61.1 Å². The van der Waals surface area contributed by atoms with Crippen LogP contribution < -0.4 is 30.3 Å². The molecule has 0 spiro atoms. The average molecular weight is 1240 g/mol. The van der Waals surface area contributed by atoms with Crippen molar-refractivity contribution >= 4 is 90.5 Å². The van der Waals surface area contributed by atoms with Gasteiger partial charge in [0.1, 0.15) is 28.9 Å². The Morgan fingerprint density at radius 1 is 0.852 bits per heavy atom. The minimum atomic E-state index is -4.64. The number of allylic oxidation sites excluding steroid dienone is 1. The van der Waals surface area contributed by atoms with E-state index in [0.717, 1.165) is 131 Å². The van der Waals surface area contributed by atoms with Gasteiger partial charge >= 0.3 is 0 Å². The molecule has 0 radical (unpaired) electrons. The molecule has 3 saturated heterocycles. The van der Waals surface area contributed by atoms with Crippen LogP contribution in [-0.2, 0) is 19.6 Å². The number of H-pyrrole nitrogens is 1. The molecular formula is C65H74ClN11O10S. The second kappa shape index (κ2) is 26.7. The topological polar surface area (TPSA) is 262 Å². The first-order chi connectivity index (χ1) is 42.4. The number of amides is 5. The molecule has 5 aliphatic rings. The van der Waals surface area contributed by atoms with Crippen LogP contribution in [0.15, 0.2) is 114 Å². The summed E-state index contributed by atoms with van der Waals surface area (Å²) in [4.78, 5) is 92.1. The molecule has 0 bridgehead atoms. The minimum absolute atomic E-state index is 0.0546. The van der Waals surface area contributed by atoms with Crippen molar-refractivity contribution in [1.29, 1.82) is 0 Å². The molecular weight excluding hydrogens is 1160 g/mol. The number of carbonyl (C=O) groups is 5. The summed E-state index contributed by atoms with van der Waals surface area (Å²) < 4.78 is 36.6. The zero-order valence-corrected chi connectivity index (χ0v) is 51.2. The first-order valence-electron chi connectivity index (χ1n) is 30.5. The number of carbonyl (C=O) groups excluding carboxylic acids is 5. The molecule has 6 heterocycles. The lowest BCUT2D eigenvalue weighted by Gasteiger charge is -2.39. The lowest BCUT2D eigenvalue weighted by molar-refractivity contribution is -0.384. The first-order valence-corrected chi connectivity index (χ1v) is 32.3. The van der Waals surface area contributed by atoms with Gasteiger partial charge in [-0.3, -0.25) is 49.2 Å². The molecule has 5 N–H and O–H groups in total. The van der Waals surface area contributed by atoms with Crippen molar-refractivity contribution in [3.8, 4) is 11.5 Å². The van der Waals surface area contributed by atoms with Gasteiger partial charge in [0.15, 0.2) is 0 Å². The highest BCUT2D eigenvalue weighted by Crippen LogP contribution is 2.44. The third-order valence-corrected chi connectivity index (χ3v) is 19.2. The molecule has 6 aromatic rings. The number of piperazine rings is 1. The van der Waals surface area contributed by atoms with E-state index >= 15 is 0 Å². The van der Waals surface area contributed by atoms with Gasteiger partial charge in [0.05, 0.1) is 32.7 Å². The molecule has 2 atom stereocenters. The lowest BCUT2D eigenvalue weighted by atomic mass is 9.72. The number of aromatic amines is 1. The number of pyridine rings is 1. The van der Waals surface area contributed by atoms with Crippen LogP contribution in [0.3, 0.4) is 0 Å². The van der Waals surface area contributed by atoms with Crippen molar-refractivity contribution in [2.24, 2.45) is 11.3 Å². The van der Waals surface area contributed by atoms with Gasteiger partial charge < -0.3 is 30.2 Å². The summed E-state index contributed by atoms with van der Waals surface area (Å²) in [5.41, 5.74) is 6.41. The van der Waals surface area contributed by atoms with Crippen LogP contribution in [0.1, 0.15) is 128 Å². The molecule has 23 heteroatoms. The summed E-state index contributed by atoms with van der Waals surface area (Å²) in [5.74, 6) is -2.48. The van der Waals surface area contributed by atoms with E-state index in [9.17, 15) is 42.5 Å². The van der Waals surface area contributed by atoms with E-state index in [-0.39, 0.29) is 52.3 Å². The number of nitrogens with zero attached hydrogens (tertiary/aromatic N) is 6. The number of ether oxygens (including phenoxy) is 1. The molecule has 4 aromatic carbocycles. The highest BCUT2D eigenvalue weighted by molar-refractivity contribution is 7.90. The van der Waals surface area contributed by atoms with Crippen LogP contribution in [-0.4, -0.2) is 139 Å². The summed E-state index contributed by atoms with van der Waals surface area (Å²) in [6.45, 7) is 12.2. The number of rotatable bonds is 23. The number of nitro benzene ring substituents is 1. The van der Waals surface area contributed by atoms with E-state index in [1.807, 2.05) is 18.2 Å². The predicted octanol–water partition coefficient (Wildman–Crippen LogP) is 10.4. The van der Waals surface area contributed by atoms with Crippen molar-refractivity contribution in [3.63, 3.8) is 0 Å². The molecule has 4 aliphatic heterocycles. The molecule has 11 rings (SSSR count). The van der Waals surface area contributed by atoms with Crippen molar-refractivity contribution in [1.82, 2.24) is 34.7 Å². The Morgan fingerprint density at radius 2 is 1.65 bits per heavy atom. The van der Waals surface area contributed by atoms with Crippen LogP contribution in [0.4, 0.5) is 22.7 Å². The molecule has 5 amide bonds. The Hall–Kier alpha value is -8.18. The number of anilines is 3. The third kappa shape index (κ3) is 14.2. The highest BCUT2D eigenvalue weighted by atomic mass is 35.5. The predicted molar refractivity (Wildman–Crippen MR) is 337 cm³/mol. The Labute approximate surface area is 516 Å². The van der Waals surface area contributed by atoms with Crippen LogP contribution in [0, 0.1) is 21.4 Å². The van der Waals surface area contributed by atoms with Gasteiger partial charge in [-0.05, 0) is 148 Å². The maximum atomic E-state index is 14.2. The number of sulfonamides is 1. The molecule has 21 nitrogen and oxygen atoms in total. The standard InChI is InChI=1S/C65H74ClN11O10S/c1-65(2)25-23-45(52(37-65)43-13-15-46(66)16-14-43)41-74-30-32-75(33-31-74)47-17-19-50(57(35-47)87-48-34-44-24-27-68-60(44)70-39-48)61(79)72-88(85,86)49-18-20-53(56(36-49)77(83)84)69-38-42-10-9-29-73(40-42)28-7-5-3-4-6-26-67-54-12-8-11-51-59(54)64(82)76(63(51)81)55-21-22-58(78)71-62(55)80/h8,11-20,24,27,34-36,39,42,55,67,69H,3-7,9-10,21-23,25-26,28-33,37-38,40-41H2,1-2H3,(H,68,70)(H,72,79)(H,71,78,80). The molecule has 0 saturated carbocycles. The van der Waals surface area contributed by atoms with E-state index in [1.165, 1.54) is 35.0 Å². The number of nitrogens with one attached hydrogen (secondary N) is 5. The summed E-state index contributed by atoms with van der Waals surface area (Å²) in [6, 6.07) is 24.4. The van der Waals surface area contributed by atoms with Gasteiger partial charge in [-0.15, -0.1) is 0 Å². The van der Waals surface area contributed by atoms with Gasteiger partial charge in [-0.1, -0.05) is 68.5 Å². The molecule has 2 aromatic heterocycles. The first kappa shape index (κ1) is 61.5. The zero-order valence-electron chi connectivity index (χ0n) is 49.6. The fourth-order valence-corrected chi connectivity index (χ4v) is 14.0. The van der Waals surface area contributed by atoms with Gasteiger partial charge in [0.25, 0.3) is 33.4 Å². The summed E-state index contributed by atoms with van der Waals surface area (Å²) >= 11 is 6.27. The number of piperidine rings is 2. The van der Waals surface area contributed by atoms with E-state index in [4.69, 9.17) is 16.3 Å². The third-order valence-electron chi connectivity index (χ3n) is 17.7. The number of imide groups is 2. The van der Waals surface area contributed by atoms with E-state index in [0.29, 0.717) is 43.3 Å². The summed E-state index contributed by atoms with van der Waals surface area (Å²) in [6.07, 6.45) is 13.3. The second-order valence-corrected chi connectivity index (χ2v) is 26.6. The Balaban J connectivity index is 0.665. The fourth-order valence-electron chi connectivity index (χ4n) is 12.8. The second-order valence-electron chi connectivity index (χ2n) is 24.5. The van der Waals surface area contributed by atoms with Crippen LogP contribution >= 0.6 is 11.6 Å². The number of likely N-dealkylation sites (tertiary alicyclic amines) is 1. The van der Waals surface area contributed by atoms with E-state index in [2.05, 4.69) is 71.3 Å². The highest BCUT2D eigenvalue weighted by Gasteiger charge is 2.46. The number of aromatic nitrogens is 2. The molecule has 88 heavy (non-hydrogen) atoms. The average Bonchev–Trinajstić information content (AvgIpc) is 1.68. The Morgan fingerprint density at radius 3 is 2.44 bits per heavy atom. The van der Waals surface area contributed by atoms with Crippen LogP contribution in [0.25, 0.3) is 16.6 Å². The van der Waals surface area contributed by atoms with Crippen molar-refractivity contribution in [2.45, 2.75) is 102 Å². The van der Waals surface area contributed by atoms with Gasteiger partial charge in [-0.25, -0.2) is 18.1 Å². The van der Waals surface area contributed by atoms with Gasteiger partial charge in [-0.2, -0.15) is 0 Å². The molecule has 1 aliphatic carbocycles.